The molecule has 3 aromatic rings. The Labute approximate surface area is 186 Å². The van der Waals surface area contributed by atoms with Gasteiger partial charge in [-0.15, -0.1) is 0 Å². The summed E-state index contributed by atoms with van der Waals surface area (Å²) in [5, 5.41) is 11.1. The molecule has 1 atom stereocenters. The molecule has 164 valence electrons. The van der Waals surface area contributed by atoms with Gasteiger partial charge in [-0.25, -0.2) is 0 Å². The van der Waals surface area contributed by atoms with Crippen LogP contribution in [-0.2, 0) is 16.1 Å². The maximum absolute atomic E-state index is 13.0. The van der Waals surface area contributed by atoms with Gasteiger partial charge in [-0.3, -0.25) is 14.6 Å². The molecule has 1 saturated heterocycles. The molecule has 0 unspecified atom stereocenters. The first-order valence-electron chi connectivity index (χ1n) is 10.4. The molecule has 0 spiro atoms. The lowest BCUT2D eigenvalue weighted by Crippen LogP contribution is -2.29. The van der Waals surface area contributed by atoms with Gasteiger partial charge in [-0.2, -0.15) is 0 Å². The van der Waals surface area contributed by atoms with Crippen LogP contribution in [-0.4, -0.2) is 32.8 Å². The zero-order valence-corrected chi connectivity index (χ0v) is 18.1. The number of amides is 1. The van der Waals surface area contributed by atoms with Crippen molar-refractivity contribution in [2.24, 2.45) is 0 Å². The van der Waals surface area contributed by atoms with E-state index in [4.69, 9.17) is 9.15 Å². The van der Waals surface area contributed by atoms with Crippen molar-refractivity contribution in [3.8, 4) is 5.75 Å². The normalized spacial score (nSPS) is 17.9. The first kappa shape index (κ1) is 21.4. The number of aliphatic hydroxyl groups excluding tert-OH is 1. The number of aliphatic hydroxyl groups is 1. The second-order valence-electron chi connectivity index (χ2n) is 7.93. The number of furan rings is 1. The molecule has 4 rings (SSSR count). The number of rotatable bonds is 6. The Morgan fingerprint density at radius 3 is 2.50 bits per heavy atom. The fraction of sp³-hybridized carbons (Fsp3) is 0.240. The lowest BCUT2D eigenvalue weighted by molar-refractivity contribution is -0.140. The summed E-state index contributed by atoms with van der Waals surface area (Å²) >= 11 is 0. The highest BCUT2D eigenvalue weighted by molar-refractivity contribution is 6.46. The van der Waals surface area contributed by atoms with Crippen molar-refractivity contribution < 1.29 is 23.8 Å². The van der Waals surface area contributed by atoms with E-state index in [0.29, 0.717) is 22.8 Å². The molecule has 1 aromatic carbocycles. The molecular weight excluding hydrogens is 408 g/mol. The van der Waals surface area contributed by atoms with E-state index in [1.54, 1.807) is 61.8 Å². The number of hydrogen-bond donors (Lipinski definition) is 1. The van der Waals surface area contributed by atoms with Gasteiger partial charge in [-0.05, 0) is 68.8 Å². The lowest BCUT2D eigenvalue weighted by Gasteiger charge is -2.23. The van der Waals surface area contributed by atoms with Crippen molar-refractivity contribution in [2.45, 2.75) is 39.5 Å². The second kappa shape index (κ2) is 8.70. The molecular formula is C25H24N2O5. The van der Waals surface area contributed by atoms with E-state index in [1.807, 2.05) is 19.9 Å². The van der Waals surface area contributed by atoms with Crippen molar-refractivity contribution in [3.63, 3.8) is 0 Å². The van der Waals surface area contributed by atoms with Crippen molar-refractivity contribution in [2.75, 3.05) is 0 Å². The smallest absolute Gasteiger partial charge is 0.296 e. The molecule has 1 fully saturated rings. The quantitative estimate of drug-likeness (QED) is 0.353. The number of aryl methyl sites for hydroxylation is 1. The van der Waals surface area contributed by atoms with E-state index in [0.717, 1.165) is 5.56 Å². The Morgan fingerprint density at radius 1 is 1.16 bits per heavy atom. The highest BCUT2D eigenvalue weighted by Gasteiger charge is 2.47. The van der Waals surface area contributed by atoms with E-state index in [1.165, 1.54) is 4.90 Å². The molecule has 7 nitrogen and oxygen atoms in total. The van der Waals surface area contributed by atoms with Gasteiger partial charge in [0.1, 0.15) is 29.1 Å². The third-order valence-electron chi connectivity index (χ3n) is 5.15. The number of ether oxygens (including phenoxy) is 1. The van der Waals surface area contributed by atoms with Gasteiger partial charge < -0.3 is 19.2 Å². The van der Waals surface area contributed by atoms with Crippen LogP contribution in [0.1, 0.15) is 42.5 Å². The molecule has 0 aliphatic carbocycles. The van der Waals surface area contributed by atoms with E-state index in [2.05, 4.69) is 4.98 Å². The predicted molar refractivity (Wildman–Crippen MR) is 118 cm³/mol. The highest BCUT2D eigenvalue weighted by atomic mass is 16.5. The number of nitrogens with zero attached hydrogens (tertiary/aromatic N) is 2. The number of pyridine rings is 1. The zero-order chi connectivity index (χ0) is 22.8. The van der Waals surface area contributed by atoms with Gasteiger partial charge in [0.05, 0.1) is 11.7 Å². The van der Waals surface area contributed by atoms with Crippen molar-refractivity contribution in [3.05, 3.63) is 89.1 Å². The number of carbonyl (C=O) groups excluding carboxylic acids is 2. The number of benzene rings is 1. The van der Waals surface area contributed by atoms with Crippen LogP contribution < -0.4 is 4.74 Å². The summed E-state index contributed by atoms with van der Waals surface area (Å²) in [5.74, 6) is -0.0183. The summed E-state index contributed by atoms with van der Waals surface area (Å²) in [6.07, 6.45) is 3.28. The highest BCUT2D eigenvalue weighted by Crippen LogP contribution is 2.41. The third-order valence-corrected chi connectivity index (χ3v) is 5.15. The van der Waals surface area contributed by atoms with Crippen LogP contribution in [0.2, 0.25) is 0 Å². The van der Waals surface area contributed by atoms with Crippen molar-refractivity contribution in [1.29, 1.82) is 0 Å². The number of aromatic nitrogens is 1. The molecule has 3 heterocycles. The molecule has 1 aliphatic heterocycles. The minimum atomic E-state index is -0.851. The Morgan fingerprint density at radius 2 is 1.91 bits per heavy atom. The van der Waals surface area contributed by atoms with Gasteiger partial charge in [-0.1, -0.05) is 6.07 Å². The first-order chi connectivity index (χ1) is 15.3. The zero-order valence-electron chi connectivity index (χ0n) is 18.1. The van der Waals surface area contributed by atoms with Crippen LogP contribution >= 0.6 is 0 Å². The number of Topliss-reactive ketones (excluding diaryl/α,β-unsaturated/α-hetero) is 1. The molecule has 2 aromatic heterocycles. The Hall–Kier alpha value is -3.87. The average Bonchev–Trinajstić information content (AvgIpc) is 3.30. The van der Waals surface area contributed by atoms with Gasteiger partial charge in [0.15, 0.2) is 0 Å². The summed E-state index contributed by atoms with van der Waals surface area (Å²) < 4.78 is 11.4. The van der Waals surface area contributed by atoms with E-state index in [-0.39, 0.29) is 24.0 Å². The Balaban J connectivity index is 1.78. The predicted octanol–water partition coefficient (Wildman–Crippen LogP) is 4.39. The van der Waals surface area contributed by atoms with Gasteiger partial charge >= 0.3 is 0 Å². The Kier molecular flexibility index (Phi) is 5.81. The second-order valence-corrected chi connectivity index (χ2v) is 7.93. The molecule has 0 saturated carbocycles. The monoisotopic (exact) mass is 432 g/mol. The average molecular weight is 432 g/mol. The van der Waals surface area contributed by atoms with Crippen LogP contribution in [0.3, 0.4) is 0 Å². The van der Waals surface area contributed by atoms with E-state index < -0.39 is 17.7 Å². The number of ketones is 1. The van der Waals surface area contributed by atoms with Crippen LogP contribution in [0.4, 0.5) is 0 Å². The van der Waals surface area contributed by atoms with Gasteiger partial charge in [0.2, 0.25) is 0 Å². The SMILES string of the molecule is Cc1ccc([C@H]2C(=C(O)c3ccc(OC(C)C)cc3)C(=O)C(=O)N2Cc2cccnc2)o1. The fourth-order valence-electron chi connectivity index (χ4n) is 3.75. The molecule has 0 bridgehead atoms. The van der Waals surface area contributed by atoms with E-state index >= 15 is 0 Å². The fourth-order valence-corrected chi connectivity index (χ4v) is 3.75. The van der Waals surface area contributed by atoms with Gasteiger partial charge in [0.25, 0.3) is 11.7 Å². The maximum Gasteiger partial charge on any atom is 0.296 e. The number of hydrogen-bond acceptors (Lipinski definition) is 6. The lowest BCUT2D eigenvalue weighted by atomic mass is 9.99. The summed E-state index contributed by atoms with van der Waals surface area (Å²) in [7, 11) is 0. The third kappa shape index (κ3) is 4.14. The number of carbonyl (C=O) groups is 2. The van der Waals surface area contributed by atoms with Crippen molar-refractivity contribution >= 4 is 17.4 Å². The van der Waals surface area contributed by atoms with Crippen molar-refractivity contribution in [1.82, 2.24) is 9.88 Å². The van der Waals surface area contributed by atoms with Crippen LogP contribution in [0.25, 0.3) is 5.76 Å². The van der Waals surface area contributed by atoms with E-state index in [9.17, 15) is 14.7 Å². The molecule has 0 radical (unpaired) electrons. The standard InChI is InChI=1S/C25H24N2O5/c1-15(2)31-19-9-7-18(8-10-19)23(28)21-22(20-11-6-16(3)32-20)27(25(30)24(21)29)14-17-5-4-12-26-13-17/h4-13,15,22,28H,14H2,1-3H3/t22-/m0/s1. The van der Waals surface area contributed by atoms with Gasteiger partial charge in [0, 0.05) is 24.5 Å². The molecule has 1 N–H and O–H groups in total. The summed E-state index contributed by atoms with van der Waals surface area (Å²) in [6, 6.07) is 13.0. The summed E-state index contributed by atoms with van der Waals surface area (Å²) in [4.78, 5) is 31.5. The van der Waals surface area contributed by atoms with Crippen LogP contribution in [0.5, 0.6) is 5.75 Å². The Bertz CT molecular complexity index is 1160. The summed E-state index contributed by atoms with van der Waals surface area (Å²) in [6.45, 7) is 5.77. The topological polar surface area (TPSA) is 92.9 Å². The maximum atomic E-state index is 13.0. The molecule has 1 aliphatic rings. The minimum absolute atomic E-state index is 0.00855. The number of likely N-dealkylation sites (tertiary alicyclic amines) is 1. The largest absolute Gasteiger partial charge is 0.507 e. The molecule has 32 heavy (non-hydrogen) atoms. The van der Waals surface area contributed by atoms with Crippen LogP contribution in [0, 0.1) is 6.92 Å². The molecule has 7 heteroatoms. The first-order valence-corrected chi connectivity index (χ1v) is 10.4. The van der Waals surface area contributed by atoms with Crippen LogP contribution in [0.15, 0.2) is 70.9 Å². The minimum Gasteiger partial charge on any atom is -0.507 e. The molecule has 1 amide bonds. The summed E-state index contributed by atoms with van der Waals surface area (Å²) in [5.41, 5.74) is 1.16.